The minimum Gasteiger partial charge on any atom is -0.497 e. The lowest BCUT2D eigenvalue weighted by Crippen LogP contribution is -2.35. The first kappa shape index (κ1) is 25.9. The van der Waals surface area contributed by atoms with Crippen molar-refractivity contribution >= 4 is 23.6 Å². The van der Waals surface area contributed by atoms with Gasteiger partial charge in [0.25, 0.3) is 17.5 Å². The zero-order chi connectivity index (χ0) is 26.9. The molecule has 4 rings (SSSR count). The summed E-state index contributed by atoms with van der Waals surface area (Å²) in [6, 6.07) is 25.5. The number of nitrogens with zero attached hydrogens (tertiary/aromatic N) is 1. The van der Waals surface area contributed by atoms with Crippen molar-refractivity contribution in [3.05, 3.63) is 124 Å². The molecule has 0 radical (unpaired) electrons. The van der Waals surface area contributed by atoms with Crippen LogP contribution in [-0.4, -0.2) is 30.4 Å². The molecular formula is C29H25N3O6. The van der Waals surface area contributed by atoms with Gasteiger partial charge in [-0.25, -0.2) is 0 Å². The quantitative estimate of drug-likeness (QED) is 0.176. The molecule has 0 saturated carbocycles. The van der Waals surface area contributed by atoms with Crippen molar-refractivity contribution in [2.45, 2.75) is 6.42 Å². The number of methoxy groups -OCH3 is 1. The van der Waals surface area contributed by atoms with Crippen LogP contribution in [0, 0.1) is 10.1 Å². The van der Waals surface area contributed by atoms with Gasteiger partial charge in [-0.15, -0.1) is 0 Å². The summed E-state index contributed by atoms with van der Waals surface area (Å²) in [6.45, 7) is 0.357. The zero-order valence-corrected chi connectivity index (χ0v) is 20.5. The molecule has 0 spiro atoms. The van der Waals surface area contributed by atoms with E-state index in [2.05, 4.69) is 10.6 Å². The van der Waals surface area contributed by atoms with Crippen LogP contribution >= 0.6 is 0 Å². The number of hydrogen-bond acceptors (Lipinski definition) is 6. The maximum Gasteiger partial charge on any atom is 0.270 e. The van der Waals surface area contributed by atoms with Crippen LogP contribution in [-0.2, 0) is 11.2 Å². The van der Waals surface area contributed by atoms with Crippen molar-refractivity contribution in [2.24, 2.45) is 0 Å². The van der Waals surface area contributed by atoms with Gasteiger partial charge in [-0.3, -0.25) is 19.7 Å². The van der Waals surface area contributed by atoms with Crippen LogP contribution in [0.5, 0.6) is 5.75 Å². The van der Waals surface area contributed by atoms with Gasteiger partial charge in [-0.2, -0.15) is 0 Å². The second-order valence-corrected chi connectivity index (χ2v) is 8.24. The highest BCUT2D eigenvalue weighted by Gasteiger charge is 2.16. The highest BCUT2D eigenvalue weighted by molar-refractivity contribution is 6.05. The number of nitro groups is 1. The molecule has 0 saturated heterocycles. The SMILES string of the molecule is COc1ccc(C(=O)N/C(=C\c2ccc(-c3cccc([N+](=O)[O-])c3)o2)C(=O)NCCc2ccccc2)cc1. The second kappa shape index (κ2) is 12.2. The van der Waals surface area contributed by atoms with E-state index in [9.17, 15) is 19.7 Å². The van der Waals surface area contributed by atoms with Gasteiger partial charge in [-0.1, -0.05) is 42.5 Å². The number of nitro benzene ring substituents is 1. The van der Waals surface area contributed by atoms with E-state index in [0.29, 0.717) is 35.6 Å². The number of carbonyl (C=O) groups is 2. The van der Waals surface area contributed by atoms with Crippen molar-refractivity contribution < 1.29 is 23.7 Å². The van der Waals surface area contributed by atoms with Crippen molar-refractivity contribution in [1.82, 2.24) is 10.6 Å². The third-order valence-corrected chi connectivity index (χ3v) is 5.64. The number of amides is 2. The fourth-order valence-corrected chi connectivity index (χ4v) is 3.66. The van der Waals surface area contributed by atoms with Crippen LogP contribution < -0.4 is 15.4 Å². The number of furan rings is 1. The predicted octanol–water partition coefficient (Wildman–Crippen LogP) is 4.99. The minimum atomic E-state index is -0.490. The molecule has 4 aromatic rings. The summed E-state index contributed by atoms with van der Waals surface area (Å²) in [5.41, 5.74) is 1.83. The molecule has 1 aromatic heterocycles. The molecule has 0 aliphatic carbocycles. The monoisotopic (exact) mass is 511 g/mol. The molecule has 0 unspecified atom stereocenters. The van der Waals surface area contributed by atoms with Crippen LogP contribution in [0.1, 0.15) is 21.7 Å². The fraction of sp³-hybridized carbons (Fsp3) is 0.103. The van der Waals surface area contributed by atoms with E-state index in [1.54, 1.807) is 48.5 Å². The molecule has 38 heavy (non-hydrogen) atoms. The summed E-state index contributed by atoms with van der Waals surface area (Å²) in [7, 11) is 1.53. The standard InChI is InChI=1S/C29H25N3O6/c1-37-24-12-10-21(11-13-24)28(33)31-26(29(34)30-17-16-20-6-3-2-4-7-20)19-25-14-15-27(38-25)22-8-5-9-23(18-22)32(35)36/h2-15,18-19H,16-17H2,1H3,(H,30,34)(H,31,33)/b26-19-. The zero-order valence-electron chi connectivity index (χ0n) is 20.5. The summed E-state index contributed by atoms with van der Waals surface area (Å²) in [5, 5.41) is 16.6. The van der Waals surface area contributed by atoms with Crippen LogP contribution in [0.3, 0.4) is 0 Å². The normalized spacial score (nSPS) is 11.0. The van der Waals surface area contributed by atoms with Gasteiger partial charge in [-0.05, 0) is 48.4 Å². The van der Waals surface area contributed by atoms with Gasteiger partial charge in [0, 0.05) is 35.9 Å². The van der Waals surface area contributed by atoms with Crippen molar-refractivity contribution in [3.63, 3.8) is 0 Å². The van der Waals surface area contributed by atoms with Gasteiger partial charge < -0.3 is 19.8 Å². The van der Waals surface area contributed by atoms with Gasteiger partial charge in [0.2, 0.25) is 0 Å². The molecule has 9 nitrogen and oxygen atoms in total. The molecular weight excluding hydrogens is 486 g/mol. The van der Waals surface area contributed by atoms with Crippen molar-refractivity contribution in [2.75, 3.05) is 13.7 Å². The van der Waals surface area contributed by atoms with E-state index in [1.165, 1.54) is 25.3 Å². The number of nitrogens with one attached hydrogen (secondary N) is 2. The van der Waals surface area contributed by atoms with E-state index in [4.69, 9.17) is 9.15 Å². The summed E-state index contributed by atoms with van der Waals surface area (Å²) in [4.78, 5) is 36.6. The molecule has 0 bridgehead atoms. The summed E-state index contributed by atoms with van der Waals surface area (Å²) < 4.78 is 11.0. The van der Waals surface area contributed by atoms with Gasteiger partial charge in [0.15, 0.2) is 0 Å². The number of benzene rings is 3. The lowest BCUT2D eigenvalue weighted by Gasteiger charge is -2.11. The fourth-order valence-electron chi connectivity index (χ4n) is 3.66. The first-order valence-corrected chi connectivity index (χ1v) is 11.8. The Morgan fingerprint density at radius 1 is 0.974 bits per heavy atom. The Bertz CT molecular complexity index is 1460. The Morgan fingerprint density at radius 3 is 2.45 bits per heavy atom. The second-order valence-electron chi connectivity index (χ2n) is 8.24. The molecule has 0 atom stereocenters. The van der Waals surface area contributed by atoms with E-state index < -0.39 is 16.7 Å². The molecule has 0 aliphatic rings. The smallest absolute Gasteiger partial charge is 0.270 e. The predicted molar refractivity (Wildman–Crippen MR) is 142 cm³/mol. The third kappa shape index (κ3) is 6.73. The topological polar surface area (TPSA) is 124 Å². The Morgan fingerprint density at radius 2 is 1.74 bits per heavy atom. The Labute approximate surface area is 218 Å². The molecule has 3 aromatic carbocycles. The molecule has 2 amide bonds. The first-order chi connectivity index (χ1) is 18.4. The molecule has 0 fully saturated rings. The highest BCUT2D eigenvalue weighted by atomic mass is 16.6. The summed E-state index contributed by atoms with van der Waals surface area (Å²) >= 11 is 0. The first-order valence-electron chi connectivity index (χ1n) is 11.8. The van der Waals surface area contributed by atoms with E-state index in [1.807, 2.05) is 30.3 Å². The molecule has 2 N–H and O–H groups in total. The largest absolute Gasteiger partial charge is 0.497 e. The van der Waals surface area contributed by atoms with Crippen molar-refractivity contribution in [1.29, 1.82) is 0 Å². The van der Waals surface area contributed by atoms with E-state index in [-0.39, 0.29) is 17.1 Å². The lowest BCUT2D eigenvalue weighted by atomic mass is 10.1. The highest BCUT2D eigenvalue weighted by Crippen LogP contribution is 2.26. The summed E-state index contributed by atoms with van der Waals surface area (Å²) in [5.74, 6) is 0.291. The molecule has 9 heteroatoms. The number of hydrogen-bond donors (Lipinski definition) is 2. The average Bonchev–Trinajstić information content (AvgIpc) is 3.42. The Balaban J connectivity index is 1.55. The number of ether oxygens (including phenoxy) is 1. The molecule has 1 heterocycles. The van der Waals surface area contributed by atoms with Gasteiger partial charge >= 0.3 is 0 Å². The Hall–Kier alpha value is -5.18. The molecule has 192 valence electrons. The average molecular weight is 512 g/mol. The number of non-ortho nitro benzene ring substituents is 1. The van der Waals surface area contributed by atoms with Crippen LogP contribution in [0.4, 0.5) is 5.69 Å². The van der Waals surface area contributed by atoms with Gasteiger partial charge in [0.05, 0.1) is 12.0 Å². The van der Waals surface area contributed by atoms with Gasteiger partial charge in [0.1, 0.15) is 23.0 Å². The number of rotatable bonds is 10. The van der Waals surface area contributed by atoms with Crippen molar-refractivity contribution in [3.8, 4) is 17.1 Å². The maximum atomic E-state index is 13.1. The summed E-state index contributed by atoms with van der Waals surface area (Å²) in [6.07, 6.45) is 2.03. The maximum absolute atomic E-state index is 13.1. The molecule has 0 aliphatic heterocycles. The minimum absolute atomic E-state index is 0.0150. The Kier molecular flexibility index (Phi) is 8.30. The van der Waals surface area contributed by atoms with E-state index >= 15 is 0 Å². The van der Waals surface area contributed by atoms with Crippen LogP contribution in [0.15, 0.2) is 101 Å². The third-order valence-electron chi connectivity index (χ3n) is 5.64. The lowest BCUT2D eigenvalue weighted by molar-refractivity contribution is -0.384. The van der Waals surface area contributed by atoms with Crippen LogP contribution in [0.25, 0.3) is 17.4 Å². The van der Waals surface area contributed by atoms with E-state index in [0.717, 1.165) is 5.56 Å². The number of carbonyl (C=O) groups excluding carboxylic acids is 2. The van der Waals surface area contributed by atoms with Crippen LogP contribution in [0.2, 0.25) is 0 Å².